The van der Waals surface area contributed by atoms with Crippen LogP contribution in [0.2, 0.25) is 0 Å². The van der Waals surface area contributed by atoms with E-state index in [-0.39, 0.29) is 0 Å². The zero-order chi connectivity index (χ0) is 14.6. The molecule has 0 amide bonds. The minimum atomic E-state index is 0.325. The van der Waals surface area contributed by atoms with Gasteiger partial charge in [-0.15, -0.1) is 0 Å². The molecule has 3 nitrogen and oxygen atoms in total. The first-order valence-corrected chi connectivity index (χ1v) is 8.67. The van der Waals surface area contributed by atoms with Crippen LogP contribution < -0.4 is 5.32 Å². The van der Waals surface area contributed by atoms with Gasteiger partial charge in [-0.2, -0.15) is 0 Å². The number of nitrogens with one attached hydrogen (secondary N) is 1. The third kappa shape index (κ3) is 3.37. The molecule has 118 valence electrons. The van der Waals surface area contributed by atoms with Crippen LogP contribution in [0.3, 0.4) is 0 Å². The summed E-state index contributed by atoms with van der Waals surface area (Å²) in [7, 11) is 0. The molecule has 2 fully saturated rings. The first-order chi connectivity index (χ1) is 9.56. The van der Waals surface area contributed by atoms with Crippen LogP contribution in [0.5, 0.6) is 0 Å². The molecule has 1 aliphatic carbocycles. The molecule has 0 unspecified atom stereocenters. The van der Waals surface area contributed by atoms with E-state index >= 15 is 0 Å². The van der Waals surface area contributed by atoms with Gasteiger partial charge in [-0.05, 0) is 39.5 Å². The van der Waals surface area contributed by atoms with Gasteiger partial charge in [0.15, 0.2) is 0 Å². The first kappa shape index (κ1) is 16.3. The van der Waals surface area contributed by atoms with Crippen molar-refractivity contribution in [1.82, 2.24) is 10.2 Å². The van der Waals surface area contributed by atoms with Crippen LogP contribution >= 0.6 is 0 Å². The molecule has 1 heterocycles. The second kappa shape index (κ2) is 6.76. The van der Waals surface area contributed by atoms with E-state index in [0.29, 0.717) is 17.2 Å². The van der Waals surface area contributed by atoms with Gasteiger partial charge in [-0.25, -0.2) is 0 Å². The fraction of sp³-hybridized carbons (Fsp3) is 1.00. The van der Waals surface area contributed by atoms with E-state index in [0.717, 1.165) is 13.2 Å². The molecule has 1 spiro atoms. The zero-order valence-corrected chi connectivity index (χ0v) is 14.0. The fourth-order valence-electron chi connectivity index (χ4n) is 4.02. The standard InChI is InChI=1S/C17H34N2O/c1-5-16(6-2)14-19(11-12-20-15(3)4)17(13-18-16)9-7-8-10-17/h15,18H,5-14H2,1-4H3. The van der Waals surface area contributed by atoms with Gasteiger partial charge in [0.25, 0.3) is 0 Å². The molecule has 1 N–H and O–H groups in total. The maximum Gasteiger partial charge on any atom is 0.0597 e. The Balaban J connectivity index is 2.03. The summed E-state index contributed by atoms with van der Waals surface area (Å²) in [4.78, 5) is 2.77. The summed E-state index contributed by atoms with van der Waals surface area (Å²) in [5.74, 6) is 0. The monoisotopic (exact) mass is 282 g/mol. The molecule has 1 aliphatic heterocycles. The quantitative estimate of drug-likeness (QED) is 0.810. The van der Waals surface area contributed by atoms with Crippen molar-refractivity contribution in [3.8, 4) is 0 Å². The van der Waals surface area contributed by atoms with Crippen molar-refractivity contribution in [2.75, 3.05) is 26.2 Å². The van der Waals surface area contributed by atoms with Gasteiger partial charge in [0.05, 0.1) is 12.7 Å². The van der Waals surface area contributed by atoms with Crippen LogP contribution in [-0.2, 0) is 4.74 Å². The molecule has 1 saturated heterocycles. The maximum atomic E-state index is 5.82. The van der Waals surface area contributed by atoms with Crippen LogP contribution in [0.25, 0.3) is 0 Å². The third-order valence-electron chi connectivity index (χ3n) is 5.66. The molecule has 0 radical (unpaired) electrons. The van der Waals surface area contributed by atoms with Crippen molar-refractivity contribution in [3.05, 3.63) is 0 Å². The number of nitrogens with zero attached hydrogens (tertiary/aromatic N) is 1. The predicted octanol–water partition coefficient (Wildman–Crippen LogP) is 3.19. The summed E-state index contributed by atoms with van der Waals surface area (Å²) in [6.45, 7) is 13.3. The SMILES string of the molecule is CCC1(CC)CN(CCOC(C)C)C2(CCCC2)CN1. The predicted molar refractivity (Wildman–Crippen MR) is 85.2 cm³/mol. The van der Waals surface area contributed by atoms with E-state index in [2.05, 4.69) is 37.9 Å². The van der Waals surface area contributed by atoms with Gasteiger partial charge in [0.1, 0.15) is 0 Å². The Hall–Kier alpha value is -0.120. The van der Waals surface area contributed by atoms with E-state index in [1.165, 1.54) is 51.6 Å². The average molecular weight is 282 g/mol. The molecule has 0 bridgehead atoms. The Bertz CT molecular complexity index is 293. The van der Waals surface area contributed by atoms with Gasteiger partial charge in [0.2, 0.25) is 0 Å². The molecule has 0 atom stereocenters. The van der Waals surface area contributed by atoms with E-state index in [1.54, 1.807) is 0 Å². The van der Waals surface area contributed by atoms with Gasteiger partial charge in [0, 0.05) is 30.7 Å². The van der Waals surface area contributed by atoms with Crippen molar-refractivity contribution in [1.29, 1.82) is 0 Å². The molecular formula is C17H34N2O. The van der Waals surface area contributed by atoms with Crippen molar-refractivity contribution in [2.24, 2.45) is 0 Å². The lowest BCUT2D eigenvalue weighted by atomic mass is 9.82. The van der Waals surface area contributed by atoms with Crippen LogP contribution in [0, 0.1) is 0 Å². The van der Waals surface area contributed by atoms with Gasteiger partial charge < -0.3 is 10.1 Å². The van der Waals surface area contributed by atoms with Crippen LogP contribution in [0.1, 0.15) is 66.2 Å². The third-order valence-corrected chi connectivity index (χ3v) is 5.66. The normalized spacial score (nSPS) is 25.6. The minimum Gasteiger partial charge on any atom is -0.377 e. The van der Waals surface area contributed by atoms with E-state index in [1.807, 2.05) is 0 Å². The van der Waals surface area contributed by atoms with Crippen molar-refractivity contribution in [2.45, 2.75) is 83.4 Å². The summed E-state index contributed by atoms with van der Waals surface area (Å²) >= 11 is 0. The second-order valence-electron chi connectivity index (χ2n) is 7.11. The Morgan fingerprint density at radius 2 is 1.80 bits per heavy atom. The minimum absolute atomic E-state index is 0.325. The molecule has 0 aromatic carbocycles. The number of ether oxygens (including phenoxy) is 1. The average Bonchev–Trinajstić information content (AvgIpc) is 2.91. The first-order valence-electron chi connectivity index (χ1n) is 8.67. The van der Waals surface area contributed by atoms with E-state index in [9.17, 15) is 0 Å². The van der Waals surface area contributed by atoms with Crippen LogP contribution in [-0.4, -0.2) is 48.3 Å². The molecular weight excluding hydrogens is 248 g/mol. The van der Waals surface area contributed by atoms with E-state index in [4.69, 9.17) is 4.74 Å². The highest BCUT2D eigenvalue weighted by Gasteiger charge is 2.47. The lowest BCUT2D eigenvalue weighted by Crippen LogP contribution is -2.69. The van der Waals surface area contributed by atoms with E-state index < -0.39 is 0 Å². The highest BCUT2D eigenvalue weighted by atomic mass is 16.5. The largest absolute Gasteiger partial charge is 0.377 e. The Labute approximate surface area is 125 Å². The lowest BCUT2D eigenvalue weighted by Gasteiger charge is -2.53. The number of hydrogen-bond acceptors (Lipinski definition) is 3. The highest BCUT2D eigenvalue weighted by molar-refractivity contribution is 5.06. The molecule has 1 saturated carbocycles. The Morgan fingerprint density at radius 1 is 1.15 bits per heavy atom. The highest BCUT2D eigenvalue weighted by Crippen LogP contribution is 2.39. The molecule has 0 aromatic heterocycles. The number of piperazine rings is 1. The van der Waals surface area contributed by atoms with Crippen molar-refractivity contribution < 1.29 is 4.74 Å². The number of hydrogen-bond donors (Lipinski definition) is 1. The van der Waals surface area contributed by atoms with Crippen molar-refractivity contribution >= 4 is 0 Å². The number of rotatable bonds is 6. The van der Waals surface area contributed by atoms with Crippen LogP contribution in [0.4, 0.5) is 0 Å². The fourth-order valence-corrected chi connectivity index (χ4v) is 4.02. The molecule has 0 aromatic rings. The van der Waals surface area contributed by atoms with Gasteiger partial charge in [-0.3, -0.25) is 4.90 Å². The molecule has 2 rings (SSSR count). The summed E-state index contributed by atoms with van der Waals surface area (Å²) in [5.41, 5.74) is 0.750. The topological polar surface area (TPSA) is 24.5 Å². The summed E-state index contributed by atoms with van der Waals surface area (Å²) in [5, 5.41) is 3.91. The van der Waals surface area contributed by atoms with Crippen LogP contribution in [0.15, 0.2) is 0 Å². The summed E-state index contributed by atoms with van der Waals surface area (Å²) < 4.78 is 5.82. The smallest absolute Gasteiger partial charge is 0.0597 e. The Kier molecular flexibility index (Phi) is 5.49. The van der Waals surface area contributed by atoms with Crippen molar-refractivity contribution in [3.63, 3.8) is 0 Å². The molecule has 3 heteroatoms. The Morgan fingerprint density at radius 3 is 2.35 bits per heavy atom. The second-order valence-corrected chi connectivity index (χ2v) is 7.11. The lowest BCUT2D eigenvalue weighted by molar-refractivity contribution is -0.0243. The molecule has 2 aliphatic rings. The summed E-state index contributed by atoms with van der Waals surface area (Å²) in [6.07, 6.45) is 8.32. The maximum absolute atomic E-state index is 5.82. The molecule has 20 heavy (non-hydrogen) atoms. The van der Waals surface area contributed by atoms with Gasteiger partial charge in [-0.1, -0.05) is 26.7 Å². The summed E-state index contributed by atoms with van der Waals surface area (Å²) in [6, 6.07) is 0. The van der Waals surface area contributed by atoms with Gasteiger partial charge >= 0.3 is 0 Å². The zero-order valence-electron chi connectivity index (χ0n) is 14.0.